The predicted molar refractivity (Wildman–Crippen MR) is 28.4 cm³/mol. The maximum absolute atomic E-state index is 0. The molecule has 0 aliphatic heterocycles. The molecule has 22 valence electrons. The maximum Gasteiger partial charge on any atom is 0 e. The molecule has 0 saturated heterocycles. The summed E-state index contributed by atoms with van der Waals surface area (Å²) in [6, 6.07) is 0. The Kier molecular flexibility index (Phi) is 120. The van der Waals surface area contributed by atoms with Gasteiger partial charge in [-0.3, -0.25) is 0 Å². The van der Waals surface area contributed by atoms with Crippen molar-refractivity contribution in [1.82, 2.24) is 0 Å². The van der Waals surface area contributed by atoms with E-state index in [1.165, 1.54) is 0 Å². The molecule has 0 aliphatic carbocycles. The molecule has 0 bridgehead atoms. The number of rotatable bonds is 0. The minimum absolute atomic E-state index is 0. The molecule has 0 saturated carbocycles. The van der Waals surface area contributed by atoms with Crippen LogP contribution >= 0.6 is 0 Å². The van der Waals surface area contributed by atoms with Gasteiger partial charge in [0.1, 0.15) is 0 Å². The molecule has 0 heterocycles. The molecule has 0 fully saturated rings. The van der Waals surface area contributed by atoms with Crippen molar-refractivity contribution in [3.05, 3.63) is 0 Å². The third kappa shape index (κ3) is 8.86. The molecule has 0 unspecified atom stereocenters. The first kappa shape index (κ1) is 28.6. The first-order valence-electron chi connectivity index (χ1n) is 0. The van der Waals surface area contributed by atoms with E-state index in [-0.39, 0.29) is 88.6 Å². The summed E-state index contributed by atoms with van der Waals surface area (Å²) < 4.78 is 0. The monoisotopic (exact) mass is 428 g/mol. The zero-order chi connectivity index (χ0) is 0. The van der Waals surface area contributed by atoms with Crippen molar-refractivity contribution in [1.29, 1.82) is 0 Å². The van der Waals surface area contributed by atoms with E-state index in [0.717, 1.165) is 0 Å². The Hall–Kier alpha value is 2.90. The Morgan fingerprint density at radius 2 is 1.00 bits per heavy atom. The van der Waals surface area contributed by atoms with Crippen LogP contribution in [0, 0.1) is 0 Å². The van der Waals surface area contributed by atoms with Crippen LogP contribution in [-0.4, -0.2) is 69.1 Å². The summed E-state index contributed by atoms with van der Waals surface area (Å²) >= 11 is 0. The second-order valence-electron chi connectivity index (χ2n) is 0. The molecule has 0 aromatic rings. The second kappa shape index (κ2) is 16.9. The molecular formula is H8AlPbSbZn. The standard InChI is InChI=1S/Al.Pb.Sb.Zn.8H. The molecule has 4 heteroatoms. The average molecular weight is 429 g/mol. The maximum atomic E-state index is 0. The summed E-state index contributed by atoms with van der Waals surface area (Å²) in [6.45, 7) is 0. The summed E-state index contributed by atoms with van der Waals surface area (Å²) in [5, 5.41) is 0. The number of hydrogen-bond donors (Lipinski definition) is 0. The normalized spacial score (nSPS) is 0. The SMILES string of the molecule is [AlH3].[PbH2].[SbH3].[Zn]. The second-order valence-corrected chi connectivity index (χ2v) is 0. The molecule has 0 aliphatic rings. The largest absolute Gasteiger partial charge is 0 e. The van der Waals surface area contributed by atoms with Crippen LogP contribution in [0.1, 0.15) is 0 Å². The van der Waals surface area contributed by atoms with Gasteiger partial charge in [0.25, 0.3) is 0 Å². The van der Waals surface area contributed by atoms with Crippen molar-refractivity contribution in [2.75, 3.05) is 0 Å². The van der Waals surface area contributed by atoms with Crippen LogP contribution in [0.4, 0.5) is 0 Å². The van der Waals surface area contributed by atoms with Crippen molar-refractivity contribution >= 4 is 69.1 Å². The summed E-state index contributed by atoms with van der Waals surface area (Å²) in [5.74, 6) is 0. The Morgan fingerprint density at radius 3 is 1.00 bits per heavy atom. The fourth-order valence-electron chi connectivity index (χ4n) is 0. The summed E-state index contributed by atoms with van der Waals surface area (Å²) in [7, 11) is 0. The van der Waals surface area contributed by atoms with Gasteiger partial charge in [-0.05, 0) is 0 Å². The topological polar surface area (TPSA) is 0 Å². The Morgan fingerprint density at radius 1 is 1.00 bits per heavy atom. The molecule has 4 heavy (non-hydrogen) atoms. The van der Waals surface area contributed by atoms with Gasteiger partial charge in [-0.15, -0.1) is 0 Å². The van der Waals surface area contributed by atoms with Gasteiger partial charge in [-0.1, -0.05) is 0 Å². The Bertz CT molecular complexity index is 8.00. The molecule has 0 N–H and O–H groups in total. The van der Waals surface area contributed by atoms with E-state index >= 15 is 0 Å². The van der Waals surface area contributed by atoms with Crippen LogP contribution in [0.2, 0.25) is 0 Å². The van der Waals surface area contributed by atoms with Gasteiger partial charge in [0.15, 0.2) is 17.4 Å². The number of hydrogen-bond acceptors (Lipinski definition) is 0. The van der Waals surface area contributed by atoms with Gasteiger partial charge in [0.05, 0.1) is 0 Å². The molecule has 0 aromatic heterocycles. The van der Waals surface area contributed by atoms with Crippen LogP contribution < -0.4 is 0 Å². The van der Waals surface area contributed by atoms with Gasteiger partial charge in [-0.2, -0.15) is 0 Å². The minimum atomic E-state index is 0. The average Bonchev–Trinajstić information content (AvgIpc) is 0. The van der Waals surface area contributed by atoms with Gasteiger partial charge >= 0.3 is 51.7 Å². The molecule has 0 nitrogen and oxygen atoms in total. The van der Waals surface area contributed by atoms with E-state index in [1.807, 2.05) is 0 Å². The summed E-state index contributed by atoms with van der Waals surface area (Å²) in [6.07, 6.45) is 0. The summed E-state index contributed by atoms with van der Waals surface area (Å²) in [5.41, 5.74) is 0. The van der Waals surface area contributed by atoms with Crippen molar-refractivity contribution in [2.45, 2.75) is 0 Å². The van der Waals surface area contributed by atoms with Crippen LogP contribution in [0.25, 0.3) is 0 Å². The van der Waals surface area contributed by atoms with Crippen molar-refractivity contribution in [3.63, 3.8) is 0 Å². The zero-order valence-corrected chi connectivity index (χ0v) is 14.6. The van der Waals surface area contributed by atoms with E-state index in [9.17, 15) is 0 Å². The van der Waals surface area contributed by atoms with Gasteiger partial charge < -0.3 is 0 Å². The predicted octanol–water partition coefficient (Wildman–Crippen LogP) is -3.29. The summed E-state index contributed by atoms with van der Waals surface area (Å²) in [4.78, 5) is 0. The van der Waals surface area contributed by atoms with Gasteiger partial charge in [-0.25, -0.2) is 0 Å². The van der Waals surface area contributed by atoms with Crippen molar-refractivity contribution in [3.8, 4) is 0 Å². The molecule has 0 spiro atoms. The van der Waals surface area contributed by atoms with Crippen molar-refractivity contribution < 1.29 is 19.5 Å². The molecule has 0 aromatic carbocycles. The third-order valence-corrected chi connectivity index (χ3v) is 0. The first-order chi connectivity index (χ1) is 0. The molecular weight excluding hydrogens is 421 g/mol. The molecule has 0 amide bonds. The van der Waals surface area contributed by atoms with Crippen LogP contribution in [0.15, 0.2) is 0 Å². The van der Waals surface area contributed by atoms with Crippen molar-refractivity contribution in [2.24, 2.45) is 0 Å². The van der Waals surface area contributed by atoms with Crippen LogP contribution in [0.3, 0.4) is 0 Å². The molecule has 2 radical (unpaired) electrons. The Balaban J connectivity index is 0. The molecule has 0 rings (SSSR count). The van der Waals surface area contributed by atoms with E-state index in [2.05, 4.69) is 0 Å². The van der Waals surface area contributed by atoms with E-state index in [0.29, 0.717) is 0 Å². The minimum Gasteiger partial charge on any atom is 0 e. The van der Waals surface area contributed by atoms with Gasteiger partial charge in [0.2, 0.25) is 0 Å². The van der Waals surface area contributed by atoms with Crippen LogP contribution in [-0.2, 0) is 19.5 Å². The fourth-order valence-corrected chi connectivity index (χ4v) is 0. The Labute approximate surface area is 87.0 Å². The van der Waals surface area contributed by atoms with Crippen LogP contribution in [0.5, 0.6) is 0 Å². The first-order valence-corrected chi connectivity index (χ1v) is 0. The van der Waals surface area contributed by atoms with E-state index in [4.69, 9.17) is 0 Å². The smallest absolute Gasteiger partial charge is 0 e. The van der Waals surface area contributed by atoms with E-state index in [1.54, 1.807) is 0 Å². The van der Waals surface area contributed by atoms with E-state index < -0.39 is 0 Å². The fraction of sp³-hybridized carbons (Fsp3) is 0. The molecule has 0 atom stereocenters. The zero-order valence-electron chi connectivity index (χ0n) is 2.12. The van der Waals surface area contributed by atoms with Gasteiger partial charge in [0, 0.05) is 19.5 Å². The quantitative estimate of drug-likeness (QED) is 0.355. The third-order valence-electron chi connectivity index (χ3n) is 0.